The zero-order valence-corrected chi connectivity index (χ0v) is 9.81. The number of carbonyl (C=O) groups is 1. The number of carbonyl (C=O) groups excluding carboxylic acids is 1. The molecule has 2 unspecified atom stereocenters. The minimum absolute atomic E-state index is 0.0429. The van der Waals surface area contributed by atoms with Gasteiger partial charge >= 0.3 is 5.97 Å². The molecule has 0 amide bonds. The lowest BCUT2D eigenvalue weighted by Gasteiger charge is -2.18. The third-order valence-electron chi connectivity index (χ3n) is 2.84. The third-order valence-corrected chi connectivity index (χ3v) is 2.84. The molecule has 0 aliphatic rings. The number of hydrogen-bond donors (Lipinski definition) is 0. The van der Waals surface area contributed by atoms with Gasteiger partial charge in [-0.05, 0) is 27.7 Å². The molecule has 0 bridgehead atoms. The maximum Gasteiger partial charge on any atom is 0.310 e. The Kier molecular flexibility index (Phi) is 3.44. The number of esters is 1. The Balaban J connectivity index is 2.89. The van der Waals surface area contributed by atoms with E-state index in [1.807, 2.05) is 27.7 Å². The molecule has 84 valence electrons. The fraction of sp³-hybridized carbons (Fsp3) is 0.700. The summed E-state index contributed by atoms with van der Waals surface area (Å²) in [5, 5.41) is 7.98. The standard InChI is InChI=1S/C10H17N3O2/c1-6(10(14)15-5)8(3)13-9(4)7(2)11-12-13/h6,8H,1-5H3. The van der Waals surface area contributed by atoms with Crippen molar-refractivity contribution in [3.63, 3.8) is 0 Å². The molecule has 1 aromatic rings. The molecule has 5 nitrogen and oxygen atoms in total. The van der Waals surface area contributed by atoms with Gasteiger partial charge in [-0.1, -0.05) is 5.21 Å². The van der Waals surface area contributed by atoms with Crippen LogP contribution in [-0.4, -0.2) is 28.1 Å². The van der Waals surface area contributed by atoms with E-state index in [0.717, 1.165) is 11.4 Å². The van der Waals surface area contributed by atoms with Crippen LogP contribution in [0.4, 0.5) is 0 Å². The first-order valence-corrected chi connectivity index (χ1v) is 4.95. The van der Waals surface area contributed by atoms with Gasteiger partial charge in [0.1, 0.15) is 0 Å². The predicted octanol–water partition coefficient (Wildman–Crippen LogP) is 1.27. The maximum absolute atomic E-state index is 11.4. The van der Waals surface area contributed by atoms with Crippen molar-refractivity contribution in [2.75, 3.05) is 7.11 Å². The van der Waals surface area contributed by atoms with Crippen LogP contribution in [0, 0.1) is 19.8 Å². The van der Waals surface area contributed by atoms with Gasteiger partial charge < -0.3 is 4.74 Å². The molecular formula is C10H17N3O2. The number of ether oxygens (including phenoxy) is 1. The molecule has 0 radical (unpaired) electrons. The summed E-state index contributed by atoms with van der Waals surface area (Å²) in [5.41, 5.74) is 1.87. The Morgan fingerprint density at radius 2 is 2.00 bits per heavy atom. The first-order valence-electron chi connectivity index (χ1n) is 4.95. The lowest BCUT2D eigenvalue weighted by molar-refractivity contribution is -0.146. The molecule has 0 spiro atoms. The van der Waals surface area contributed by atoms with Crippen molar-refractivity contribution in [3.8, 4) is 0 Å². The van der Waals surface area contributed by atoms with E-state index in [4.69, 9.17) is 4.74 Å². The van der Waals surface area contributed by atoms with Gasteiger partial charge in [0.2, 0.25) is 0 Å². The number of nitrogens with zero attached hydrogens (tertiary/aromatic N) is 3. The number of aryl methyl sites for hydroxylation is 1. The molecule has 5 heteroatoms. The summed E-state index contributed by atoms with van der Waals surface area (Å²) in [6, 6.07) is -0.0429. The highest BCUT2D eigenvalue weighted by atomic mass is 16.5. The number of aromatic nitrogens is 3. The van der Waals surface area contributed by atoms with Gasteiger partial charge in [0, 0.05) is 0 Å². The van der Waals surface area contributed by atoms with Gasteiger partial charge in [-0.3, -0.25) is 4.79 Å². The first-order chi connectivity index (χ1) is 6.99. The van der Waals surface area contributed by atoms with E-state index in [2.05, 4.69) is 10.3 Å². The van der Waals surface area contributed by atoms with Crippen LogP contribution < -0.4 is 0 Å². The Bertz CT molecular complexity index is 360. The molecule has 1 rings (SSSR count). The smallest absolute Gasteiger partial charge is 0.310 e. The molecule has 1 heterocycles. The zero-order valence-electron chi connectivity index (χ0n) is 9.81. The van der Waals surface area contributed by atoms with Crippen LogP contribution in [-0.2, 0) is 9.53 Å². The third kappa shape index (κ3) is 2.16. The van der Waals surface area contributed by atoms with E-state index in [9.17, 15) is 4.79 Å². The van der Waals surface area contributed by atoms with Crippen LogP contribution in [0.25, 0.3) is 0 Å². The maximum atomic E-state index is 11.4. The highest BCUT2D eigenvalue weighted by molar-refractivity contribution is 5.72. The van der Waals surface area contributed by atoms with Crippen LogP contribution in [0.2, 0.25) is 0 Å². The van der Waals surface area contributed by atoms with Gasteiger partial charge in [0.05, 0.1) is 30.5 Å². The van der Waals surface area contributed by atoms with Crippen LogP contribution in [0.1, 0.15) is 31.3 Å². The average Bonchev–Trinajstić information content (AvgIpc) is 2.56. The van der Waals surface area contributed by atoms with Crippen molar-refractivity contribution < 1.29 is 9.53 Å². The van der Waals surface area contributed by atoms with Gasteiger partial charge in [0.25, 0.3) is 0 Å². The zero-order chi connectivity index (χ0) is 11.6. The van der Waals surface area contributed by atoms with E-state index in [1.54, 1.807) is 4.68 Å². The predicted molar refractivity (Wildman–Crippen MR) is 55.4 cm³/mol. The number of hydrogen-bond acceptors (Lipinski definition) is 4. The van der Waals surface area contributed by atoms with E-state index in [-0.39, 0.29) is 17.9 Å². The summed E-state index contributed by atoms with van der Waals surface area (Å²) < 4.78 is 6.46. The van der Waals surface area contributed by atoms with Crippen molar-refractivity contribution >= 4 is 5.97 Å². The Labute approximate surface area is 89.4 Å². The molecule has 1 aromatic heterocycles. The first kappa shape index (κ1) is 11.7. The average molecular weight is 211 g/mol. The van der Waals surface area contributed by atoms with Gasteiger partial charge in [-0.25, -0.2) is 4.68 Å². The summed E-state index contributed by atoms with van der Waals surface area (Å²) in [7, 11) is 1.39. The highest BCUT2D eigenvalue weighted by Crippen LogP contribution is 2.19. The molecule has 0 aliphatic heterocycles. The Morgan fingerprint density at radius 3 is 2.40 bits per heavy atom. The second-order valence-electron chi connectivity index (χ2n) is 3.76. The highest BCUT2D eigenvalue weighted by Gasteiger charge is 2.24. The van der Waals surface area contributed by atoms with E-state index < -0.39 is 0 Å². The van der Waals surface area contributed by atoms with Gasteiger partial charge in [-0.15, -0.1) is 5.10 Å². The quantitative estimate of drug-likeness (QED) is 0.706. The van der Waals surface area contributed by atoms with Crippen molar-refractivity contribution in [2.45, 2.75) is 33.7 Å². The summed E-state index contributed by atoms with van der Waals surface area (Å²) in [5.74, 6) is -0.454. The second kappa shape index (κ2) is 4.42. The molecular weight excluding hydrogens is 194 g/mol. The summed E-state index contributed by atoms with van der Waals surface area (Å²) in [4.78, 5) is 11.4. The molecule has 0 aliphatic carbocycles. The minimum atomic E-state index is -0.227. The van der Waals surface area contributed by atoms with Gasteiger partial charge in [0.15, 0.2) is 0 Å². The SMILES string of the molecule is COC(=O)C(C)C(C)n1nnc(C)c1C. The normalized spacial score (nSPS) is 14.7. The van der Waals surface area contributed by atoms with Gasteiger partial charge in [-0.2, -0.15) is 0 Å². The van der Waals surface area contributed by atoms with E-state index >= 15 is 0 Å². The van der Waals surface area contributed by atoms with Crippen molar-refractivity contribution in [1.29, 1.82) is 0 Å². The van der Waals surface area contributed by atoms with Crippen LogP contribution in [0.5, 0.6) is 0 Å². The second-order valence-corrected chi connectivity index (χ2v) is 3.76. The Hall–Kier alpha value is -1.39. The molecule has 0 saturated carbocycles. The summed E-state index contributed by atoms with van der Waals surface area (Å²) in [6.45, 7) is 7.60. The van der Waals surface area contributed by atoms with E-state index in [1.165, 1.54) is 7.11 Å². The fourth-order valence-electron chi connectivity index (χ4n) is 1.40. The largest absolute Gasteiger partial charge is 0.469 e. The number of rotatable bonds is 3. The Morgan fingerprint density at radius 1 is 1.40 bits per heavy atom. The fourth-order valence-corrected chi connectivity index (χ4v) is 1.40. The van der Waals surface area contributed by atoms with Crippen molar-refractivity contribution in [1.82, 2.24) is 15.0 Å². The van der Waals surface area contributed by atoms with Crippen LogP contribution >= 0.6 is 0 Å². The molecule has 0 N–H and O–H groups in total. The molecule has 0 saturated heterocycles. The lowest BCUT2D eigenvalue weighted by atomic mass is 10.0. The summed E-state index contributed by atoms with van der Waals surface area (Å²) >= 11 is 0. The van der Waals surface area contributed by atoms with Crippen molar-refractivity contribution in [3.05, 3.63) is 11.4 Å². The monoisotopic (exact) mass is 211 g/mol. The lowest BCUT2D eigenvalue weighted by Crippen LogP contribution is -2.24. The number of methoxy groups -OCH3 is 1. The van der Waals surface area contributed by atoms with Crippen molar-refractivity contribution in [2.24, 2.45) is 5.92 Å². The van der Waals surface area contributed by atoms with E-state index in [0.29, 0.717) is 0 Å². The molecule has 0 aromatic carbocycles. The molecule has 2 atom stereocenters. The molecule has 15 heavy (non-hydrogen) atoms. The minimum Gasteiger partial charge on any atom is -0.469 e. The topological polar surface area (TPSA) is 57.0 Å². The van der Waals surface area contributed by atoms with Crippen LogP contribution in [0.15, 0.2) is 0 Å². The van der Waals surface area contributed by atoms with Crippen LogP contribution in [0.3, 0.4) is 0 Å². The molecule has 0 fully saturated rings. The summed E-state index contributed by atoms with van der Waals surface area (Å²) in [6.07, 6.45) is 0.